The fourth-order valence-electron chi connectivity index (χ4n) is 1.81. The number of aryl methyl sites for hydroxylation is 1. The van der Waals surface area contributed by atoms with Crippen LogP contribution in [0.3, 0.4) is 0 Å². The van der Waals surface area contributed by atoms with Crippen LogP contribution < -0.4 is 4.74 Å². The lowest BCUT2D eigenvalue weighted by atomic mass is 10.0. The summed E-state index contributed by atoms with van der Waals surface area (Å²) in [5.74, 6) is 1.78. The number of likely N-dealkylation sites (N-methyl/N-ethyl adjacent to an activating group) is 1. The minimum absolute atomic E-state index is 0.750. The second-order valence-corrected chi connectivity index (χ2v) is 5.58. The molecule has 0 aliphatic carbocycles. The van der Waals surface area contributed by atoms with E-state index in [-0.39, 0.29) is 0 Å². The summed E-state index contributed by atoms with van der Waals surface area (Å²) in [6, 6.07) is 8.54. The topological polar surface area (TPSA) is 12.5 Å². The lowest BCUT2D eigenvalue weighted by Crippen LogP contribution is -2.19. The average molecular weight is 249 g/mol. The molecule has 0 unspecified atom stereocenters. The van der Waals surface area contributed by atoms with Gasteiger partial charge in [0.2, 0.25) is 0 Å². The van der Waals surface area contributed by atoms with Crippen molar-refractivity contribution in [3.8, 4) is 5.75 Å². The smallest absolute Gasteiger partial charge is 0.119 e. The van der Waals surface area contributed by atoms with Gasteiger partial charge in [-0.25, -0.2) is 0 Å². The highest BCUT2D eigenvalue weighted by Crippen LogP contribution is 2.15. The molecule has 0 aliphatic heterocycles. The van der Waals surface area contributed by atoms with E-state index >= 15 is 0 Å². The summed E-state index contributed by atoms with van der Waals surface area (Å²) >= 11 is 0. The maximum Gasteiger partial charge on any atom is 0.119 e. The zero-order valence-corrected chi connectivity index (χ0v) is 12.3. The molecule has 1 rings (SSSR count). The number of hydrogen-bond donors (Lipinski definition) is 0. The summed E-state index contributed by atoms with van der Waals surface area (Å²) < 4.78 is 5.67. The molecular formula is C16H27NO. The standard InChI is InChI=1S/C16H27NO/c1-14(2)6-5-7-15-8-10-16(11-9-15)18-13-12-17(3)4/h8-11,14H,5-7,12-13H2,1-4H3. The van der Waals surface area contributed by atoms with Crippen molar-refractivity contribution in [2.75, 3.05) is 27.2 Å². The largest absolute Gasteiger partial charge is 0.492 e. The lowest BCUT2D eigenvalue weighted by Gasteiger charge is -2.11. The van der Waals surface area contributed by atoms with Crippen molar-refractivity contribution in [3.05, 3.63) is 29.8 Å². The summed E-state index contributed by atoms with van der Waals surface area (Å²) in [7, 11) is 4.11. The number of hydrogen-bond acceptors (Lipinski definition) is 2. The molecule has 0 radical (unpaired) electrons. The lowest BCUT2D eigenvalue weighted by molar-refractivity contribution is 0.261. The van der Waals surface area contributed by atoms with E-state index < -0.39 is 0 Å². The predicted octanol–water partition coefficient (Wildman–Crippen LogP) is 3.61. The first-order valence-corrected chi connectivity index (χ1v) is 6.94. The molecule has 18 heavy (non-hydrogen) atoms. The van der Waals surface area contributed by atoms with Crippen LogP contribution in [0.25, 0.3) is 0 Å². The second kappa shape index (κ2) is 8.15. The molecule has 0 saturated carbocycles. The molecule has 2 heteroatoms. The van der Waals surface area contributed by atoms with Gasteiger partial charge in [0.05, 0.1) is 0 Å². The van der Waals surface area contributed by atoms with Gasteiger partial charge in [-0.1, -0.05) is 32.4 Å². The highest BCUT2D eigenvalue weighted by molar-refractivity contribution is 5.27. The van der Waals surface area contributed by atoms with E-state index in [9.17, 15) is 0 Å². The molecule has 0 atom stereocenters. The molecule has 0 N–H and O–H groups in total. The Hall–Kier alpha value is -1.02. The van der Waals surface area contributed by atoms with Crippen LogP contribution in [0.1, 0.15) is 32.3 Å². The maximum atomic E-state index is 5.67. The van der Waals surface area contributed by atoms with Gasteiger partial charge >= 0.3 is 0 Å². The molecule has 102 valence electrons. The van der Waals surface area contributed by atoms with Gasteiger partial charge in [0.25, 0.3) is 0 Å². The molecule has 0 aliphatic rings. The molecule has 0 aromatic heterocycles. The number of ether oxygens (including phenoxy) is 1. The van der Waals surface area contributed by atoms with Crippen molar-refractivity contribution in [2.45, 2.75) is 33.1 Å². The zero-order chi connectivity index (χ0) is 13.4. The molecule has 0 spiro atoms. The molecule has 2 nitrogen and oxygen atoms in total. The molecule has 0 fully saturated rings. The average Bonchev–Trinajstić information content (AvgIpc) is 2.30. The SMILES string of the molecule is CC(C)CCCc1ccc(OCCN(C)C)cc1. The van der Waals surface area contributed by atoms with Gasteiger partial charge in [0.1, 0.15) is 12.4 Å². The third-order valence-corrected chi connectivity index (χ3v) is 2.98. The minimum atomic E-state index is 0.750. The van der Waals surface area contributed by atoms with E-state index in [1.54, 1.807) is 0 Å². The van der Waals surface area contributed by atoms with Crippen LogP contribution in [0.5, 0.6) is 5.75 Å². The van der Waals surface area contributed by atoms with E-state index in [0.29, 0.717) is 0 Å². The van der Waals surface area contributed by atoms with Crippen LogP contribution in [0.2, 0.25) is 0 Å². The first kappa shape index (κ1) is 15.0. The zero-order valence-electron chi connectivity index (χ0n) is 12.3. The van der Waals surface area contributed by atoms with Gasteiger partial charge in [0.15, 0.2) is 0 Å². The Morgan fingerprint density at radius 1 is 1.11 bits per heavy atom. The van der Waals surface area contributed by atoms with Crippen molar-refractivity contribution >= 4 is 0 Å². The normalized spacial score (nSPS) is 11.2. The Morgan fingerprint density at radius 3 is 2.33 bits per heavy atom. The Kier molecular flexibility index (Phi) is 6.81. The molecule has 0 heterocycles. The second-order valence-electron chi connectivity index (χ2n) is 5.58. The Labute approximate surface area is 112 Å². The van der Waals surface area contributed by atoms with Crippen LogP contribution in [0.4, 0.5) is 0 Å². The van der Waals surface area contributed by atoms with Gasteiger partial charge in [-0.2, -0.15) is 0 Å². The number of benzene rings is 1. The summed E-state index contributed by atoms with van der Waals surface area (Å²) in [6.07, 6.45) is 3.76. The van der Waals surface area contributed by atoms with Crippen LogP contribution in [-0.4, -0.2) is 32.1 Å². The molecule has 0 amide bonds. The third kappa shape index (κ3) is 6.65. The summed E-state index contributed by atoms with van der Waals surface area (Å²) in [5.41, 5.74) is 1.41. The molecule has 1 aromatic carbocycles. The predicted molar refractivity (Wildman–Crippen MR) is 78.3 cm³/mol. The van der Waals surface area contributed by atoms with E-state index in [0.717, 1.165) is 24.8 Å². The van der Waals surface area contributed by atoms with Crippen LogP contribution in [0, 0.1) is 5.92 Å². The highest BCUT2D eigenvalue weighted by atomic mass is 16.5. The van der Waals surface area contributed by atoms with Crippen molar-refractivity contribution in [1.29, 1.82) is 0 Å². The Balaban J connectivity index is 2.28. The van der Waals surface area contributed by atoms with E-state index in [4.69, 9.17) is 4.74 Å². The quantitative estimate of drug-likeness (QED) is 0.698. The molecule has 0 bridgehead atoms. The maximum absolute atomic E-state index is 5.67. The van der Waals surface area contributed by atoms with Crippen molar-refractivity contribution in [3.63, 3.8) is 0 Å². The summed E-state index contributed by atoms with van der Waals surface area (Å²) in [4.78, 5) is 2.13. The molecular weight excluding hydrogens is 222 g/mol. The highest BCUT2D eigenvalue weighted by Gasteiger charge is 1.98. The van der Waals surface area contributed by atoms with Crippen LogP contribution >= 0.6 is 0 Å². The van der Waals surface area contributed by atoms with Gasteiger partial charge in [-0.15, -0.1) is 0 Å². The van der Waals surface area contributed by atoms with E-state index in [1.807, 2.05) is 0 Å². The van der Waals surface area contributed by atoms with Crippen LogP contribution in [-0.2, 0) is 6.42 Å². The van der Waals surface area contributed by atoms with Gasteiger partial charge in [-0.3, -0.25) is 0 Å². The van der Waals surface area contributed by atoms with Crippen molar-refractivity contribution < 1.29 is 4.74 Å². The van der Waals surface area contributed by atoms with Gasteiger partial charge in [0, 0.05) is 6.54 Å². The molecule has 1 aromatic rings. The van der Waals surface area contributed by atoms with E-state index in [2.05, 4.69) is 57.1 Å². The minimum Gasteiger partial charge on any atom is -0.492 e. The van der Waals surface area contributed by atoms with Gasteiger partial charge < -0.3 is 9.64 Å². The van der Waals surface area contributed by atoms with Crippen LogP contribution in [0.15, 0.2) is 24.3 Å². The Morgan fingerprint density at radius 2 is 1.78 bits per heavy atom. The monoisotopic (exact) mass is 249 g/mol. The molecule has 0 saturated heterocycles. The first-order chi connectivity index (χ1) is 8.58. The first-order valence-electron chi connectivity index (χ1n) is 6.94. The number of rotatable bonds is 8. The van der Waals surface area contributed by atoms with Crippen molar-refractivity contribution in [2.24, 2.45) is 5.92 Å². The Bertz CT molecular complexity index is 283. The fraction of sp³-hybridized carbons (Fsp3) is 0.625. The van der Waals surface area contributed by atoms with E-state index in [1.165, 1.54) is 24.8 Å². The fourth-order valence-corrected chi connectivity index (χ4v) is 1.81. The van der Waals surface area contributed by atoms with Gasteiger partial charge in [-0.05, 0) is 50.6 Å². The van der Waals surface area contributed by atoms with Crippen molar-refractivity contribution in [1.82, 2.24) is 4.90 Å². The summed E-state index contributed by atoms with van der Waals surface area (Å²) in [6.45, 7) is 6.26. The summed E-state index contributed by atoms with van der Waals surface area (Å²) in [5, 5.41) is 0. The number of nitrogens with zero attached hydrogens (tertiary/aromatic N) is 1. The third-order valence-electron chi connectivity index (χ3n) is 2.98.